The molecule has 1 amide bonds. The van der Waals surface area contributed by atoms with Gasteiger partial charge in [-0.2, -0.15) is 4.98 Å². The Labute approximate surface area is 167 Å². The summed E-state index contributed by atoms with van der Waals surface area (Å²) in [7, 11) is 0. The number of carbonyl (C=O) groups excluding carboxylic acids is 1. The van der Waals surface area contributed by atoms with E-state index in [-0.39, 0.29) is 5.91 Å². The van der Waals surface area contributed by atoms with Crippen LogP contribution in [0.4, 0.5) is 0 Å². The minimum absolute atomic E-state index is 0.139. The average molecular weight is 415 g/mol. The van der Waals surface area contributed by atoms with Crippen molar-refractivity contribution >= 4 is 40.3 Å². The van der Waals surface area contributed by atoms with Crippen LogP contribution in [0.3, 0.4) is 0 Å². The molecule has 1 N–H and O–H groups in total. The second kappa shape index (κ2) is 8.03. The first-order valence-electron chi connectivity index (χ1n) is 7.98. The number of hydrogen-bond acceptors (Lipinski definition) is 8. The molecule has 0 aromatic carbocycles. The highest BCUT2D eigenvalue weighted by Gasteiger charge is 2.15. The van der Waals surface area contributed by atoms with Gasteiger partial charge in [0.1, 0.15) is 5.03 Å². The molecule has 136 valence electrons. The molecule has 4 rings (SSSR count). The minimum atomic E-state index is -0.139. The van der Waals surface area contributed by atoms with E-state index < -0.39 is 0 Å². The van der Waals surface area contributed by atoms with Crippen LogP contribution < -0.4 is 5.32 Å². The highest BCUT2D eigenvalue weighted by atomic mass is 32.2. The van der Waals surface area contributed by atoms with Crippen LogP contribution in [-0.2, 0) is 6.54 Å². The van der Waals surface area contributed by atoms with Crippen molar-refractivity contribution in [3.8, 4) is 21.5 Å². The largest absolute Gasteiger partial charge is 0.347 e. The Kier molecular flexibility index (Phi) is 5.33. The fourth-order valence-corrected chi connectivity index (χ4v) is 4.47. The van der Waals surface area contributed by atoms with Crippen molar-refractivity contribution in [3.05, 3.63) is 58.4 Å². The summed E-state index contributed by atoms with van der Waals surface area (Å²) in [5.74, 6) is 0.933. The third-order valence-electron chi connectivity index (χ3n) is 3.67. The van der Waals surface area contributed by atoms with Crippen LogP contribution in [0.5, 0.6) is 0 Å². The van der Waals surface area contributed by atoms with Gasteiger partial charge in [-0.3, -0.25) is 4.79 Å². The summed E-state index contributed by atoms with van der Waals surface area (Å²) in [6, 6.07) is 11.3. The van der Waals surface area contributed by atoms with Gasteiger partial charge in [-0.25, -0.2) is 4.98 Å². The fraction of sp³-hybridized carbons (Fsp3) is 0.111. The Morgan fingerprint density at radius 2 is 2.15 bits per heavy atom. The Morgan fingerprint density at radius 1 is 1.22 bits per heavy atom. The van der Waals surface area contributed by atoms with Crippen molar-refractivity contribution in [3.63, 3.8) is 0 Å². The van der Waals surface area contributed by atoms with Gasteiger partial charge in [-0.1, -0.05) is 11.2 Å². The number of carbonyl (C=O) groups is 1. The predicted octanol–water partition coefficient (Wildman–Crippen LogP) is 4.57. The van der Waals surface area contributed by atoms with E-state index in [1.165, 1.54) is 23.1 Å². The maximum Gasteiger partial charge on any atom is 0.268 e. The van der Waals surface area contributed by atoms with Crippen molar-refractivity contribution in [1.82, 2.24) is 20.4 Å². The number of amides is 1. The third-order valence-corrected chi connectivity index (χ3v) is 6.32. The van der Waals surface area contributed by atoms with Crippen LogP contribution in [0, 0.1) is 0 Å². The Bertz CT molecular complexity index is 1060. The van der Waals surface area contributed by atoms with E-state index in [2.05, 4.69) is 20.4 Å². The van der Waals surface area contributed by atoms with E-state index in [9.17, 15) is 4.79 Å². The third kappa shape index (κ3) is 3.95. The zero-order chi connectivity index (χ0) is 18.6. The maximum atomic E-state index is 12.4. The van der Waals surface area contributed by atoms with E-state index in [0.717, 1.165) is 14.6 Å². The molecule has 0 aliphatic heterocycles. The monoisotopic (exact) mass is 414 g/mol. The molecule has 4 aromatic heterocycles. The molecule has 0 bridgehead atoms. The number of nitrogens with one attached hydrogen (secondary N) is 1. The van der Waals surface area contributed by atoms with Crippen molar-refractivity contribution in [2.24, 2.45) is 0 Å². The lowest BCUT2D eigenvalue weighted by Gasteiger charge is -2.06. The second-order valence-corrected chi connectivity index (χ2v) is 8.32. The molecule has 6 nitrogen and oxygen atoms in total. The summed E-state index contributed by atoms with van der Waals surface area (Å²) in [6.07, 6.45) is 3.59. The normalized spacial score (nSPS) is 10.9. The predicted molar refractivity (Wildman–Crippen MR) is 108 cm³/mol. The van der Waals surface area contributed by atoms with E-state index >= 15 is 0 Å². The molecule has 0 atom stereocenters. The van der Waals surface area contributed by atoms with Crippen LogP contribution in [0.25, 0.3) is 21.5 Å². The molecule has 4 heterocycles. The van der Waals surface area contributed by atoms with E-state index in [1.807, 2.05) is 35.9 Å². The van der Waals surface area contributed by atoms with E-state index in [0.29, 0.717) is 28.8 Å². The van der Waals surface area contributed by atoms with E-state index in [4.69, 9.17) is 4.52 Å². The Morgan fingerprint density at radius 3 is 2.96 bits per heavy atom. The number of nitrogens with zero attached hydrogens (tertiary/aromatic N) is 3. The zero-order valence-electron chi connectivity index (χ0n) is 14.2. The molecule has 0 aliphatic rings. The van der Waals surface area contributed by atoms with Crippen LogP contribution in [-0.4, -0.2) is 27.3 Å². The molecule has 0 saturated heterocycles. The van der Waals surface area contributed by atoms with Gasteiger partial charge in [0.15, 0.2) is 0 Å². The highest BCUT2D eigenvalue weighted by molar-refractivity contribution is 7.98. The van der Waals surface area contributed by atoms with Crippen molar-refractivity contribution in [2.75, 3.05) is 6.26 Å². The second-order valence-electron chi connectivity index (χ2n) is 5.41. The van der Waals surface area contributed by atoms with Gasteiger partial charge >= 0.3 is 0 Å². The fourth-order valence-electron chi connectivity index (χ4n) is 2.41. The van der Waals surface area contributed by atoms with Gasteiger partial charge in [0.25, 0.3) is 11.8 Å². The van der Waals surface area contributed by atoms with Crippen molar-refractivity contribution < 1.29 is 9.32 Å². The quantitative estimate of drug-likeness (QED) is 0.465. The number of hydrogen-bond donors (Lipinski definition) is 1. The maximum absolute atomic E-state index is 12.4. The Balaban J connectivity index is 1.43. The summed E-state index contributed by atoms with van der Waals surface area (Å²) < 4.78 is 5.37. The van der Waals surface area contributed by atoms with Gasteiger partial charge in [-0.15, -0.1) is 34.4 Å². The lowest BCUT2D eigenvalue weighted by atomic mass is 10.2. The number of rotatable bonds is 6. The molecule has 0 unspecified atom stereocenters. The molecule has 9 heteroatoms. The molecular weight excluding hydrogens is 400 g/mol. The molecule has 27 heavy (non-hydrogen) atoms. The molecule has 0 radical (unpaired) electrons. The lowest BCUT2D eigenvalue weighted by Crippen LogP contribution is -2.23. The number of thiophene rings is 2. The van der Waals surface area contributed by atoms with Gasteiger partial charge in [-0.05, 0) is 42.0 Å². The van der Waals surface area contributed by atoms with Gasteiger partial charge in [0, 0.05) is 11.1 Å². The number of thioether (sulfide) groups is 1. The average Bonchev–Trinajstić information content (AvgIpc) is 3.46. The van der Waals surface area contributed by atoms with Gasteiger partial charge in [0.2, 0.25) is 5.82 Å². The standard InChI is InChI=1S/C18H14N4O2S3/c1-25-18-12(4-2-8-19-18)16(23)20-10-11-6-7-14(27-11)17-21-15(22-24-17)13-5-3-9-26-13/h2-9H,10H2,1H3,(H,20,23). The summed E-state index contributed by atoms with van der Waals surface area (Å²) >= 11 is 4.53. The molecular formula is C18H14N4O2S3. The first-order chi connectivity index (χ1) is 13.2. The molecule has 0 aliphatic carbocycles. The number of pyridine rings is 1. The first-order valence-corrected chi connectivity index (χ1v) is 10.9. The topological polar surface area (TPSA) is 80.9 Å². The summed E-state index contributed by atoms with van der Waals surface area (Å²) in [5, 5.41) is 9.66. The van der Waals surface area contributed by atoms with Crippen molar-refractivity contribution in [2.45, 2.75) is 11.6 Å². The van der Waals surface area contributed by atoms with Crippen LogP contribution in [0.1, 0.15) is 15.2 Å². The summed E-state index contributed by atoms with van der Waals surface area (Å²) in [6.45, 7) is 0.429. The summed E-state index contributed by atoms with van der Waals surface area (Å²) in [4.78, 5) is 23.9. The number of aromatic nitrogens is 3. The zero-order valence-corrected chi connectivity index (χ0v) is 16.7. The Hall–Kier alpha value is -2.49. The molecule has 0 spiro atoms. The van der Waals surface area contributed by atoms with Gasteiger partial charge in [0.05, 0.1) is 21.9 Å². The van der Waals surface area contributed by atoms with E-state index in [1.54, 1.807) is 29.7 Å². The highest BCUT2D eigenvalue weighted by Crippen LogP contribution is 2.30. The minimum Gasteiger partial charge on any atom is -0.347 e. The summed E-state index contributed by atoms with van der Waals surface area (Å²) in [5.41, 5.74) is 0.583. The van der Waals surface area contributed by atoms with Crippen LogP contribution >= 0.6 is 34.4 Å². The molecule has 0 fully saturated rings. The van der Waals surface area contributed by atoms with Gasteiger partial charge < -0.3 is 9.84 Å². The molecule has 0 saturated carbocycles. The SMILES string of the molecule is CSc1ncccc1C(=O)NCc1ccc(-c2nc(-c3cccs3)no2)s1. The molecule has 4 aromatic rings. The van der Waals surface area contributed by atoms with Crippen molar-refractivity contribution in [1.29, 1.82) is 0 Å². The lowest BCUT2D eigenvalue weighted by molar-refractivity contribution is 0.0947. The van der Waals surface area contributed by atoms with Crippen LogP contribution in [0.2, 0.25) is 0 Å². The van der Waals surface area contributed by atoms with Crippen LogP contribution in [0.15, 0.2) is 57.5 Å². The smallest absolute Gasteiger partial charge is 0.268 e. The first kappa shape index (κ1) is 17.9.